The molecule has 0 unspecified atom stereocenters. The number of carbonyl (C=O) groups excluding carboxylic acids is 1. The molecule has 11 atom stereocenters. The molecule has 1 radical (unpaired) electrons. The molecule has 0 heterocycles. The van der Waals surface area contributed by atoms with Gasteiger partial charge in [-0.3, -0.25) is 9.35 Å². The molecule has 1 amide bonds. The van der Waals surface area contributed by atoms with E-state index in [0.29, 0.717) is 18.8 Å². The summed E-state index contributed by atoms with van der Waals surface area (Å²) in [5.74, 6) is 0.705. The van der Waals surface area contributed by atoms with Crippen LogP contribution in [0.25, 0.3) is 0 Å². The van der Waals surface area contributed by atoms with Crippen molar-refractivity contribution in [3.05, 3.63) is 0 Å². The molecule has 11 heteroatoms. The second-order valence-corrected chi connectivity index (χ2v) is 14.2. The molecule has 37 heavy (non-hydrogen) atoms. The quantitative estimate of drug-likeness (QED) is 0.231. The molecule has 0 spiro atoms. The average molecular weight is 557 g/mol. The maximum Gasteiger partial charge on any atom is 0.266 e. The van der Waals surface area contributed by atoms with E-state index in [0.717, 1.165) is 38.5 Å². The SMILES string of the molecule is C[C@H](CCC(=O)NCCS(=O)(=O)O)[C@H]1CC[C@H]2[C@@H]3[C@H](O)C[C@@H]4C[C@H](O)CC[C@]4(C)[C@H]3C[C@H](O)[C@]12C.O.[Na]. The van der Waals surface area contributed by atoms with Gasteiger partial charge in [-0.25, -0.2) is 0 Å². The Bertz CT molecular complexity index is 905. The van der Waals surface area contributed by atoms with E-state index in [1.807, 2.05) is 0 Å². The number of hydrogen-bond acceptors (Lipinski definition) is 6. The van der Waals surface area contributed by atoms with Crippen molar-refractivity contribution in [1.29, 1.82) is 0 Å². The summed E-state index contributed by atoms with van der Waals surface area (Å²) in [6, 6.07) is 0. The Morgan fingerprint density at radius 2 is 1.73 bits per heavy atom. The van der Waals surface area contributed by atoms with Crippen molar-refractivity contribution in [2.75, 3.05) is 12.3 Å². The van der Waals surface area contributed by atoms with Gasteiger partial charge in [-0.2, -0.15) is 8.42 Å². The summed E-state index contributed by atoms with van der Waals surface area (Å²) >= 11 is 0. The Hall–Kier alpha value is 0.220. The maximum absolute atomic E-state index is 12.2. The van der Waals surface area contributed by atoms with Crippen LogP contribution in [0, 0.1) is 46.3 Å². The number of rotatable bonds is 7. The molecule has 7 N–H and O–H groups in total. The Morgan fingerprint density at radius 3 is 2.38 bits per heavy atom. The van der Waals surface area contributed by atoms with Gasteiger partial charge in [0.25, 0.3) is 10.1 Å². The predicted octanol–water partition coefficient (Wildman–Crippen LogP) is 1.16. The van der Waals surface area contributed by atoms with Gasteiger partial charge in [0.2, 0.25) is 5.91 Å². The third kappa shape index (κ3) is 6.43. The Labute approximate surface area is 243 Å². The Morgan fingerprint density at radius 1 is 1.05 bits per heavy atom. The molecule has 0 aromatic rings. The number of carbonyl (C=O) groups is 1. The molecule has 211 valence electrons. The second-order valence-electron chi connectivity index (χ2n) is 12.7. The van der Waals surface area contributed by atoms with Crippen LogP contribution in [0.4, 0.5) is 0 Å². The summed E-state index contributed by atoms with van der Waals surface area (Å²) < 4.78 is 30.5. The fraction of sp³-hybridized carbons (Fsp3) is 0.962. The van der Waals surface area contributed by atoms with E-state index in [4.69, 9.17) is 4.55 Å². The third-order valence-electron chi connectivity index (χ3n) is 11.0. The standard InChI is InChI=1S/C26H45NO7S.Na.H2O/c1-15(4-7-23(31)27-10-11-35(32,33)34)18-5-6-19-24-20(14-22(30)26(18,19)3)25(2)9-8-17(28)12-16(25)13-21(24)29;;/h15-22,24,28-30H,4-14H2,1-3H3,(H,27,31)(H,32,33,34);;1H2/t15-,16+,17-,18-,19+,20+,21-,22+,24+,25+,26-;;/m1../s1. The maximum atomic E-state index is 12.2. The molecule has 4 aliphatic carbocycles. The van der Waals surface area contributed by atoms with Gasteiger partial charge >= 0.3 is 0 Å². The topological polar surface area (TPSA) is 176 Å². The van der Waals surface area contributed by atoms with Crippen molar-refractivity contribution in [1.82, 2.24) is 5.32 Å². The molecule has 4 aliphatic rings. The van der Waals surface area contributed by atoms with Gasteiger partial charge in [-0.1, -0.05) is 20.8 Å². The number of aliphatic hydroxyl groups excluding tert-OH is 3. The van der Waals surface area contributed by atoms with Crippen molar-refractivity contribution in [3.8, 4) is 0 Å². The fourth-order valence-corrected chi connectivity index (χ4v) is 9.46. The average Bonchev–Trinajstić information content (AvgIpc) is 3.12. The number of hydrogen-bond donors (Lipinski definition) is 5. The van der Waals surface area contributed by atoms with Gasteiger partial charge < -0.3 is 26.1 Å². The number of fused-ring (bicyclic) bond motifs is 5. The smallest absolute Gasteiger partial charge is 0.266 e. The third-order valence-corrected chi connectivity index (χ3v) is 11.7. The molecule has 4 fully saturated rings. The Balaban J connectivity index is 0.00000241. The first kappa shape index (κ1) is 33.4. The number of nitrogens with one attached hydrogen (secondary N) is 1. The van der Waals surface area contributed by atoms with Crippen LogP contribution in [0.15, 0.2) is 0 Å². The molecular formula is C26H47NNaO8S. The first-order chi connectivity index (χ1) is 16.3. The fourth-order valence-electron chi connectivity index (χ4n) is 9.10. The zero-order chi connectivity index (χ0) is 25.8. The van der Waals surface area contributed by atoms with Crippen molar-refractivity contribution in [2.24, 2.45) is 46.3 Å². The van der Waals surface area contributed by atoms with E-state index >= 15 is 0 Å². The summed E-state index contributed by atoms with van der Waals surface area (Å²) in [5.41, 5.74) is -0.254. The molecule has 0 aromatic heterocycles. The van der Waals surface area contributed by atoms with Crippen LogP contribution in [0.5, 0.6) is 0 Å². The minimum Gasteiger partial charge on any atom is -0.412 e. The summed E-state index contributed by atoms with van der Waals surface area (Å²) in [6.45, 7) is 6.56. The van der Waals surface area contributed by atoms with Crippen molar-refractivity contribution < 1.29 is 38.6 Å². The first-order valence-corrected chi connectivity index (χ1v) is 15.1. The molecule has 0 aromatic carbocycles. The number of aliphatic hydroxyl groups is 3. The predicted molar refractivity (Wildman–Crippen MR) is 141 cm³/mol. The van der Waals surface area contributed by atoms with Crippen molar-refractivity contribution in [2.45, 2.75) is 96.9 Å². The molecule has 9 nitrogen and oxygen atoms in total. The second kappa shape index (κ2) is 12.4. The van der Waals surface area contributed by atoms with E-state index in [-0.39, 0.29) is 100 Å². The summed E-state index contributed by atoms with van der Waals surface area (Å²) in [4.78, 5) is 12.2. The summed E-state index contributed by atoms with van der Waals surface area (Å²) in [6.07, 6.45) is 5.67. The monoisotopic (exact) mass is 556 g/mol. The van der Waals surface area contributed by atoms with Gasteiger partial charge in [0.05, 0.1) is 24.1 Å². The van der Waals surface area contributed by atoms with E-state index < -0.39 is 28.1 Å². The van der Waals surface area contributed by atoms with Crippen LogP contribution in [0.1, 0.15) is 78.6 Å². The van der Waals surface area contributed by atoms with Crippen molar-refractivity contribution in [3.63, 3.8) is 0 Å². The van der Waals surface area contributed by atoms with Crippen LogP contribution >= 0.6 is 0 Å². The van der Waals surface area contributed by atoms with Gasteiger partial charge in [-0.05, 0) is 97.7 Å². The largest absolute Gasteiger partial charge is 0.412 e. The summed E-state index contributed by atoms with van der Waals surface area (Å²) in [5, 5.41) is 35.8. The van der Waals surface area contributed by atoms with Crippen LogP contribution < -0.4 is 5.32 Å². The molecule has 4 saturated carbocycles. The minimum atomic E-state index is -4.10. The van der Waals surface area contributed by atoms with Crippen LogP contribution in [0.3, 0.4) is 0 Å². The van der Waals surface area contributed by atoms with Crippen molar-refractivity contribution >= 4 is 45.6 Å². The van der Waals surface area contributed by atoms with E-state index in [2.05, 4.69) is 26.1 Å². The van der Waals surface area contributed by atoms with E-state index in [1.54, 1.807) is 0 Å². The van der Waals surface area contributed by atoms with Crippen LogP contribution in [-0.2, 0) is 14.9 Å². The summed E-state index contributed by atoms with van der Waals surface area (Å²) in [7, 11) is -4.10. The Kier molecular flexibility index (Phi) is 11.2. The van der Waals surface area contributed by atoms with Gasteiger partial charge in [0, 0.05) is 42.5 Å². The molecule has 0 saturated heterocycles. The zero-order valence-electron chi connectivity index (χ0n) is 22.9. The molecule has 0 bridgehead atoms. The van der Waals surface area contributed by atoms with Gasteiger partial charge in [-0.15, -0.1) is 0 Å². The van der Waals surface area contributed by atoms with E-state index in [9.17, 15) is 28.5 Å². The molecule has 0 aliphatic heterocycles. The van der Waals surface area contributed by atoms with E-state index in [1.165, 1.54) is 0 Å². The molecule has 4 rings (SSSR count). The first-order valence-electron chi connectivity index (χ1n) is 13.5. The van der Waals surface area contributed by atoms with Gasteiger partial charge in [0.15, 0.2) is 0 Å². The minimum absolute atomic E-state index is 0. The van der Waals surface area contributed by atoms with Gasteiger partial charge in [0.1, 0.15) is 0 Å². The number of amides is 1. The van der Waals surface area contributed by atoms with Crippen LogP contribution in [0.2, 0.25) is 0 Å². The zero-order valence-corrected chi connectivity index (χ0v) is 25.7. The molecular weight excluding hydrogens is 509 g/mol. The van der Waals surface area contributed by atoms with Crippen LogP contribution in [-0.4, -0.2) is 99.8 Å². The normalized spacial score (nSPS) is 43.8.